The molecule has 27 heavy (non-hydrogen) atoms. The second-order valence-electron chi connectivity index (χ2n) is 5.52. The molecule has 0 radical (unpaired) electrons. The van der Waals surface area contributed by atoms with Crippen molar-refractivity contribution in [3.63, 3.8) is 0 Å². The number of nitrogens with zero attached hydrogens (tertiary/aromatic N) is 1. The molecule has 1 N–H and O–H groups in total. The van der Waals surface area contributed by atoms with Crippen LogP contribution in [0.4, 0.5) is 5.69 Å². The highest BCUT2D eigenvalue weighted by Gasteiger charge is 2.13. The van der Waals surface area contributed by atoms with E-state index in [0.29, 0.717) is 29.4 Å². The molecule has 1 aromatic heterocycles. The maximum absolute atomic E-state index is 12.8. The van der Waals surface area contributed by atoms with E-state index in [9.17, 15) is 4.79 Å². The van der Waals surface area contributed by atoms with Gasteiger partial charge in [0.1, 0.15) is 0 Å². The van der Waals surface area contributed by atoms with Gasteiger partial charge in [0.2, 0.25) is 0 Å². The van der Waals surface area contributed by atoms with E-state index in [1.807, 2.05) is 42.1 Å². The van der Waals surface area contributed by atoms with Crippen LogP contribution in [0, 0.1) is 0 Å². The van der Waals surface area contributed by atoms with Crippen molar-refractivity contribution in [1.82, 2.24) is 4.98 Å². The monoisotopic (exact) mass is 400 g/mol. The van der Waals surface area contributed by atoms with E-state index in [1.54, 1.807) is 48.4 Å². The topological polar surface area (TPSA) is 60.5 Å². The molecule has 1 amide bonds. The van der Waals surface area contributed by atoms with Crippen molar-refractivity contribution in [3.8, 4) is 11.5 Å². The first-order chi connectivity index (χ1) is 13.2. The van der Waals surface area contributed by atoms with Gasteiger partial charge >= 0.3 is 0 Å². The molecule has 140 valence electrons. The fraction of sp³-hybridized carbons (Fsp3) is 0.200. The largest absolute Gasteiger partial charge is 0.493 e. The minimum Gasteiger partial charge on any atom is -0.493 e. The summed E-state index contributed by atoms with van der Waals surface area (Å²) >= 11 is 3.17. The fourth-order valence-corrected chi connectivity index (χ4v) is 4.08. The summed E-state index contributed by atoms with van der Waals surface area (Å²) in [6.45, 7) is 2.46. The summed E-state index contributed by atoms with van der Waals surface area (Å²) in [4.78, 5) is 18.0. The summed E-state index contributed by atoms with van der Waals surface area (Å²) in [6, 6.07) is 12.9. The Morgan fingerprint density at radius 2 is 2.07 bits per heavy atom. The number of rotatable bonds is 8. The lowest BCUT2D eigenvalue weighted by molar-refractivity contribution is 0.102. The van der Waals surface area contributed by atoms with Crippen molar-refractivity contribution in [2.75, 3.05) is 19.0 Å². The minimum atomic E-state index is -0.164. The lowest BCUT2D eigenvalue weighted by atomic mass is 10.2. The summed E-state index contributed by atoms with van der Waals surface area (Å²) in [5.74, 6) is 1.80. The Morgan fingerprint density at radius 1 is 1.22 bits per heavy atom. The maximum Gasteiger partial charge on any atom is 0.256 e. The quantitative estimate of drug-likeness (QED) is 0.533. The van der Waals surface area contributed by atoms with Crippen LogP contribution in [0.5, 0.6) is 11.5 Å². The molecule has 0 aliphatic carbocycles. The molecule has 0 unspecified atom stereocenters. The van der Waals surface area contributed by atoms with E-state index >= 15 is 0 Å². The number of amides is 1. The van der Waals surface area contributed by atoms with Crippen LogP contribution in [0.25, 0.3) is 0 Å². The molecule has 0 atom stereocenters. The first-order valence-electron chi connectivity index (χ1n) is 8.42. The molecule has 0 saturated carbocycles. The molecule has 3 rings (SSSR count). The van der Waals surface area contributed by atoms with Gasteiger partial charge in [-0.15, -0.1) is 23.1 Å². The van der Waals surface area contributed by atoms with Gasteiger partial charge in [0, 0.05) is 27.8 Å². The molecule has 7 heteroatoms. The number of methoxy groups -OCH3 is 1. The van der Waals surface area contributed by atoms with E-state index in [2.05, 4.69) is 10.3 Å². The minimum absolute atomic E-state index is 0.164. The Kier molecular flexibility index (Phi) is 6.73. The maximum atomic E-state index is 12.8. The molecule has 0 spiro atoms. The van der Waals surface area contributed by atoms with Crippen molar-refractivity contribution in [2.45, 2.75) is 17.6 Å². The Morgan fingerprint density at radius 3 is 2.81 bits per heavy atom. The zero-order valence-electron chi connectivity index (χ0n) is 15.1. The van der Waals surface area contributed by atoms with Gasteiger partial charge in [-0.1, -0.05) is 12.1 Å². The number of carbonyl (C=O) groups is 1. The normalized spacial score (nSPS) is 10.4. The molecule has 1 heterocycles. The SMILES string of the molecule is CCOc1ccc(NC(=O)c2ccccc2SCc2cscn2)cc1OC. The molecular formula is C20H20N2O3S2. The zero-order valence-corrected chi connectivity index (χ0v) is 16.7. The summed E-state index contributed by atoms with van der Waals surface area (Å²) < 4.78 is 10.9. The van der Waals surface area contributed by atoms with Crippen LogP contribution in [0.1, 0.15) is 23.0 Å². The third kappa shape index (κ3) is 5.02. The number of nitrogens with one attached hydrogen (secondary N) is 1. The molecule has 0 saturated heterocycles. The highest BCUT2D eigenvalue weighted by atomic mass is 32.2. The Labute approximate surface area is 166 Å². The summed E-state index contributed by atoms with van der Waals surface area (Å²) in [6.07, 6.45) is 0. The van der Waals surface area contributed by atoms with Crippen LogP contribution < -0.4 is 14.8 Å². The molecule has 2 aromatic carbocycles. The number of thiazole rings is 1. The van der Waals surface area contributed by atoms with E-state index in [-0.39, 0.29) is 5.91 Å². The third-order valence-corrected chi connectivity index (χ3v) is 5.45. The standard InChI is InChI=1S/C20H20N2O3S2/c1-3-25-17-9-8-14(10-18(17)24-2)22-20(23)16-6-4-5-7-19(16)27-12-15-11-26-13-21-15/h4-11,13H,3,12H2,1-2H3,(H,22,23). The molecule has 5 nitrogen and oxygen atoms in total. The van der Waals surface area contributed by atoms with Crippen molar-refractivity contribution < 1.29 is 14.3 Å². The lowest BCUT2D eigenvalue weighted by Gasteiger charge is -2.13. The summed E-state index contributed by atoms with van der Waals surface area (Å²) in [7, 11) is 1.58. The number of hydrogen-bond donors (Lipinski definition) is 1. The third-order valence-electron chi connectivity index (χ3n) is 3.71. The van der Waals surface area contributed by atoms with Crippen LogP contribution in [-0.4, -0.2) is 24.6 Å². The number of ether oxygens (including phenoxy) is 2. The zero-order chi connectivity index (χ0) is 19.1. The number of benzene rings is 2. The molecule has 0 aliphatic heterocycles. The van der Waals surface area contributed by atoms with E-state index in [1.165, 1.54) is 0 Å². The molecular weight excluding hydrogens is 380 g/mol. The van der Waals surface area contributed by atoms with E-state index < -0.39 is 0 Å². The smallest absolute Gasteiger partial charge is 0.256 e. The van der Waals surface area contributed by atoms with Crippen molar-refractivity contribution in [1.29, 1.82) is 0 Å². The first kappa shape index (κ1) is 19.3. The van der Waals surface area contributed by atoms with Crippen LogP contribution in [0.2, 0.25) is 0 Å². The molecule has 0 bridgehead atoms. The average molecular weight is 401 g/mol. The summed E-state index contributed by atoms with van der Waals surface area (Å²) in [5, 5.41) is 4.95. The second kappa shape index (κ2) is 9.43. The predicted molar refractivity (Wildman–Crippen MR) is 110 cm³/mol. The Balaban J connectivity index is 1.74. The van der Waals surface area contributed by atoms with Crippen molar-refractivity contribution >= 4 is 34.7 Å². The Bertz CT molecular complexity index is 898. The van der Waals surface area contributed by atoms with Gasteiger partial charge < -0.3 is 14.8 Å². The molecule has 3 aromatic rings. The summed E-state index contributed by atoms with van der Waals surface area (Å²) in [5.41, 5.74) is 4.11. The highest BCUT2D eigenvalue weighted by molar-refractivity contribution is 7.98. The van der Waals surface area contributed by atoms with Crippen LogP contribution >= 0.6 is 23.1 Å². The molecule has 0 aliphatic rings. The highest BCUT2D eigenvalue weighted by Crippen LogP contribution is 2.31. The first-order valence-corrected chi connectivity index (χ1v) is 10.3. The van der Waals surface area contributed by atoms with E-state index in [0.717, 1.165) is 16.3 Å². The van der Waals surface area contributed by atoms with E-state index in [4.69, 9.17) is 9.47 Å². The second-order valence-corrected chi connectivity index (χ2v) is 7.25. The van der Waals surface area contributed by atoms with Crippen LogP contribution in [0.15, 0.2) is 58.3 Å². The van der Waals surface area contributed by atoms with Crippen LogP contribution in [0.3, 0.4) is 0 Å². The van der Waals surface area contributed by atoms with Gasteiger partial charge in [-0.25, -0.2) is 4.98 Å². The van der Waals surface area contributed by atoms with Crippen molar-refractivity contribution in [2.24, 2.45) is 0 Å². The predicted octanol–water partition coefficient (Wildman–Crippen LogP) is 5.10. The lowest BCUT2D eigenvalue weighted by Crippen LogP contribution is -2.13. The average Bonchev–Trinajstić information content (AvgIpc) is 3.21. The van der Waals surface area contributed by atoms with Gasteiger partial charge in [-0.2, -0.15) is 0 Å². The number of carbonyl (C=O) groups excluding carboxylic acids is 1. The number of hydrogen-bond acceptors (Lipinski definition) is 6. The van der Waals surface area contributed by atoms with Gasteiger partial charge in [0.05, 0.1) is 30.5 Å². The number of thioether (sulfide) groups is 1. The van der Waals surface area contributed by atoms with Crippen LogP contribution in [-0.2, 0) is 5.75 Å². The van der Waals surface area contributed by atoms with Gasteiger partial charge in [-0.3, -0.25) is 4.79 Å². The van der Waals surface area contributed by atoms with Gasteiger partial charge in [0.15, 0.2) is 11.5 Å². The van der Waals surface area contributed by atoms with Crippen molar-refractivity contribution in [3.05, 3.63) is 64.6 Å². The fourth-order valence-electron chi connectivity index (χ4n) is 2.46. The Hall–Kier alpha value is -2.51. The number of aromatic nitrogens is 1. The van der Waals surface area contributed by atoms with Gasteiger partial charge in [0.25, 0.3) is 5.91 Å². The number of anilines is 1. The van der Waals surface area contributed by atoms with Gasteiger partial charge in [-0.05, 0) is 31.2 Å². The molecule has 0 fully saturated rings.